The lowest BCUT2D eigenvalue weighted by Gasteiger charge is -2.10. The average Bonchev–Trinajstić information content (AvgIpc) is 2.72. The van der Waals surface area contributed by atoms with Crippen LogP contribution in [-0.2, 0) is 0 Å². The molecule has 94 valence electrons. The number of aromatic carboxylic acids is 1. The largest absolute Gasteiger partial charge is 0.477 e. The van der Waals surface area contributed by atoms with E-state index in [4.69, 9.17) is 16.7 Å². The fourth-order valence-electron chi connectivity index (χ4n) is 1.84. The Morgan fingerprint density at radius 1 is 1.33 bits per heavy atom. The van der Waals surface area contributed by atoms with Gasteiger partial charge in [-0.1, -0.05) is 37.6 Å². The van der Waals surface area contributed by atoms with Gasteiger partial charge in [-0.25, -0.2) is 4.79 Å². The second-order valence-electron chi connectivity index (χ2n) is 4.47. The standard InChI is InChI=1S/C14H14ClNO2/c1-9(2)10-4-3-5-12(6-10)16-8-11(15)7-13(16)14(17)18/h3-9H,1-2H3,(H,17,18). The molecule has 0 unspecified atom stereocenters. The Bertz CT molecular complexity index is 587. The van der Waals surface area contributed by atoms with Gasteiger partial charge in [-0.3, -0.25) is 0 Å². The van der Waals surface area contributed by atoms with Gasteiger partial charge in [-0.15, -0.1) is 0 Å². The van der Waals surface area contributed by atoms with Crippen molar-refractivity contribution in [1.29, 1.82) is 0 Å². The summed E-state index contributed by atoms with van der Waals surface area (Å²) in [6.07, 6.45) is 1.62. The Hall–Kier alpha value is -1.74. The zero-order valence-electron chi connectivity index (χ0n) is 10.2. The topological polar surface area (TPSA) is 42.2 Å². The summed E-state index contributed by atoms with van der Waals surface area (Å²) in [7, 11) is 0. The third-order valence-electron chi connectivity index (χ3n) is 2.82. The fourth-order valence-corrected chi connectivity index (χ4v) is 2.04. The van der Waals surface area contributed by atoms with Gasteiger partial charge in [-0.2, -0.15) is 0 Å². The third kappa shape index (κ3) is 2.41. The van der Waals surface area contributed by atoms with E-state index < -0.39 is 5.97 Å². The minimum absolute atomic E-state index is 0.168. The molecule has 0 fully saturated rings. The number of hydrogen-bond acceptors (Lipinski definition) is 1. The zero-order valence-corrected chi connectivity index (χ0v) is 11.0. The molecule has 3 nitrogen and oxygen atoms in total. The smallest absolute Gasteiger partial charge is 0.352 e. The molecule has 0 spiro atoms. The van der Waals surface area contributed by atoms with Crippen LogP contribution in [0.1, 0.15) is 35.8 Å². The minimum atomic E-state index is -0.989. The molecule has 0 aliphatic rings. The number of halogens is 1. The van der Waals surface area contributed by atoms with E-state index in [9.17, 15) is 4.79 Å². The summed E-state index contributed by atoms with van der Waals surface area (Å²) < 4.78 is 1.59. The summed E-state index contributed by atoms with van der Waals surface area (Å²) in [5.74, 6) is -0.596. The maximum atomic E-state index is 11.1. The molecule has 0 atom stereocenters. The summed E-state index contributed by atoms with van der Waals surface area (Å²) in [5, 5.41) is 9.56. The van der Waals surface area contributed by atoms with Gasteiger partial charge in [0.05, 0.1) is 5.02 Å². The van der Waals surface area contributed by atoms with E-state index in [0.717, 1.165) is 11.3 Å². The van der Waals surface area contributed by atoms with Crippen LogP contribution < -0.4 is 0 Å². The number of benzene rings is 1. The van der Waals surface area contributed by atoms with Gasteiger partial charge in [0.2, 0.25) is 0 Å². The molecule has 0 saturated carbocycles. The molecule has 0 bridgehead atoms. The van der Waals surface area contributed by atoms with Gasteiger partial charge in [-0.05, 0) is 29.7 Å². The van der Waals surface area contributed by atoms with Gasteiger partial charge in [0.1, 0.15) is 5.69 Å². The average molecular weight is 264 g/mol. The first-order chi connectivity index (χ1) is 8.49. The Balaban J connectivity index is 2.54. The Labute approximate surface area is 111 Å². The molecule has 2 rings (SSSR count). The minimum Gasteiger partial charge on any atom is -0.477 e. The highest BCUT2D eigenvalue weighted by molar-refractivity contribution is 6.31. The molecule has 1 heterocycles. The molecule has 0 aliphatic heterocycles. The van der Waals surface area contributed by atoms with Gasteiger partial charge in [0.15, 0.2) is 0 Å². The SMILES string of the molecule is CC(C)c1cccc(-n2cc(Cl)cc2C(=O)O)c1. The van der Waals surface area contributed by atoms with Crippen molar-refractivity contribution in [3.63, 3.8) is 0 Å². The predicted molar refractivity (Wildman–Crippen MR) is 71.8 cm³/mol. The third-order valence-corrected chi connectivity index (χ3v) is 3.03. The van der Waals surface area contributed by atoms with Crippen LogP contribution in [0, 0.1) is 0 Å². The maximum absolute atomic E-state index is 11.1. The predicted octanol–water partition coefficient (Wildman–Crippen LogP) is 3.95. The molecule has 1 aromatic carbocycles. The quantitative estimate of drug-likeness (QED) is 0.911. The van der Waals surface area contributed by atoms with Crippen LogP contribution in [0.4, 0.5) is 0 Å². The van der Waals surface area contributed by atoms with E-state index in [1.165, 1.54) is 6.07 Å². The van der Waals surface area contributed by atoms with Crippen molar-refractivity contribution in [3.8, 4) is 5.69 Å². The molecular weight excluding hydrogens is 250 g/mol. The number of carboxylic acid groups (broad SMARTS) is 1. The lowest BCUT2D eigenvalue weighted by molar-refractivity contribution is 0.0688. The van der Waals surface area contributed by atoms with Crippen molar-refractivity contribution < 1.29 is 9.90 Å². The van der Waals surface area contributed by atoms with Crippen LogP contribution in [0.3, 0.4) is 0 Å². The normalized spacial score (nSPS) is 10.9. The van der Waals surface area contributed by atoms with Crippen LogP contribution in [0.25, 0.3) is 5.69 Å². The van der Waals surface area contributed by atoms with Gasteiger partial charge < -0.3 is 9.67 Å². The van der Waals surface area contributed by atoms with Crippen LogP contribution in [0.5, 0.6) is 0 Å². The zero-order chi connectivity index (χ0) is 13.3. The van der Waals surface area contributed by atoms with Crippen molar-refractivity contribution >= 4 is 17.6 Å². The highest BCUT2D eigenvalue weighted by Crippen LogP contribution is 2.22. The first kappa shape index (κ1) is 12.7. The lowest BCUT2D eigenvalue weighted by Crippen LogP contribution is -2.06. The highest BCUT2D eigenvalue weighted by atomic mass is 35.5. The van der Waals surface area contributed by atoms with Crippen molar-refractivity contribution in [2.45, 2.75) is 19.8 Å². The first-order valence-corrected chi connectivity index (χ1v) is 6.08. The molecule has 0 aliphatic carbocycles. The summed E-state index contributed by atoms with van der Waals surface area (Å²) in [6, 6.07) is 9.25. The van der Waals surface area contributed by atoms with Crippen molar-refractivity contribution in [3.05, 3.63) is 52.8 Å². The molecule has 2 aromatic rings. The van der Waals surface area contributed by atoms with Gasteiger partial charge in [0, 0.05) is 11.9 Å². The molecule has 4 heteroatoms. The first-order valence-electron chi connectivity index (χ1n) is 5.70. The van der Waals surface area contributed by atoms with E-state index in [2.05, 4.69) is 13.8 Å². The number of rotatable bonds is 3. The highest BCUT2D eigenvalue weighted by Gasteiger charge is 2.13. The van der Waals surface area contributed by atoms with Crippen molar-refractivity contribution in [2.24, 2.45) is 0 Å². The van der Waals surface area contributed by atoms with Gasteiger partial charge >= 0.3 is 5.97 Å². The Kier molecular flexibility index (Phi) is 3.43. The maximum Gasteiger partial charge on any atom is 0.352 e. The Morgan fingerprint density at radius 2 is 2.06 bits per heavy atom. The summed E-state index contributed by atoms with van der Waals surface area (Å²) in [6.45, 7) is 4.19. The number of carboxylic acids is 1. The Morgan fingerprint density at radius 3 is 2.67 bits per heavy atom. The molecular formula is C14H14ClNO2. The molecule has 1 N–H and O–H groups in total. The number of nitrogens with zero attached hydrogens (tertiary/aromatic N) is 1. The van der Waals surface area contributed by atoms with Crippen LogP contribution in [0.2, 0.25) is 5.02 Å². The van der Waals surface area contributed by atoms with E-state index in [1.807, 2.05) is 24.3 Å². The summed E-state index contributed by atoms with van der Waals surface area (Å²) in [5.41, 5.74) is 2.14. The molecule has 0 radical (unpaired) electrons. The summed E-state index contributed by atoms with van der Waals surface area (Å²) in [4.78, 5) is 11.1. The second kappa shape index (κ2) is 4.86. The molecule has 1 aromatic heterocycles. The van der Waals surface area contributed by atoms with Gasteiger partial charge in [0.25, 0.3) is 0 Å². The van der Waals surface area contributed by atoms with E-state index in [1.54, 1.807) is 10.8 Å². The number of carbonyl (C=O) groups is 1. The molecule has 18 heavy (non-hydrogen) atoms. The monoisotopic (exact) mass is 263 g/mol. The van der Waals surface area contributed by atoms with E-state index in [0.29, 0.717) is 10.9 Å². The lowest BCUT2D eigenvalue weighted by atomic mass is 10.0. The van der Waals surface area contributed by atoms with E-state index in [-0.39, 0.29) is 5.69 Å². The van der Waals surface area contributed by atoms with Crippen LogP contribution >= 0.6 is 11.6 Å². The van der Waals surface area contributed by atoms with E-state index >= 15 is 0 Å². The number of hydrogen-bond donors (Lipinski definition) is 1. The fraction of sp³-hybridized carbons (Fsp3) is 0.214. The van der Waals surface area contributed by atoms with Crippen LogP contribution in [0.15, 0.2) is 36.5 Å². The van der Waals surface area contributed by atoms with Crippen molar-refractivity contribution in [2.75, 3.05) is 0 Å². The molecule has 0 amide bonds. The van der Waals surface area contributed by atoms with Crippen molar-refractivity contribution in [1.82, 2.24) is 4.57 Å². The second-order valence-corrected chi connectivity index (χ2v) is 4.90. The van der Waals surface area contributed by atoms with Crippen LogP contribution in [-0.4, -0.2) is 15.6 Å². The summed E-state index contributed by atoms with van der Waals surface area (Å²) >= 11 is 5.88. The molecule has 0 saturated heterocycles. The number of aromatic nitrogens is 1.